The quantitative estimate of drug-likeness (QED) is 0.434. The van der Waals surface area contributed by atoms with Crippen molar-refractivity contribution in [3.8, 4) is 0 Å². The van der Waals surface area contributed by atoms with Gasteiger partial charge in [0.2, 0.25) is 0 Å². The van der Waals surface area contributed by atoms with E-state index in [1.165, 1.54) is 30.9 Å². The Morgan fingerprint density at radius 2 is 1.62 bits per heavy atom. The lowest BCUT2D eigenvalue weighted by Gasteiger charge is -2.02. The van der Waals surface area contributed by atoms with Crippen LogP contribution >= 0.6 is 0 Å². The molecule has 110 valence electrons. The first-order chi connectivity index (χ1) is 10.2. The molecule has 2 N–H and O–H groups in total. The molecule has 0 spiro atoms. The van der Waals surface area contributed by atoms with E-state index in [0.29, 0.717) is 0 Å². The molecular weight excluding hydrogens is 261 g/mol. The van der Waals surface area contributed by atoms with Crippen molar-refractivity contribution in [3.05, 3.63) is 65.0 Å². The van der Waals surface area contributed by atoms with Crippen LogP contribution in [0.1, 0.15) is 42.9 Å². The Hall–Kier alpha value is -2.09. The number of benzene rings is 2. The van der Waals surface area contributed by atoms with Crippen LogP contribution in [0.25, 0.3) is 12.2 Å². The van der Waals surface area contributed by atoms with Crippen molar-refractivity contribution < 1.29 is 4.39 Å². The fourth-order valence-corrected chi connectivity index (χ4v) is 2.21. The zero-order valence-corrected chi connectivity index (χ0v) is 12.5. The predicted molar refractivity (Wildman–Crippen MR) is 89.4 cm³/mol. The molecule has 2 heteroatoms. The van der Waals surface area contributed by atoms with Gasteiger partial charge in [0.15, 0.2) is 0 Å². The standard InChI is InChI=1S/C19H22FN/c1-2-3-4-5-15-6-8-16(9-7-15)10-11-17-12-13-19(21)18(20)14-17/h6-14H,2-5,21H2,1H3. The van der Waals surface area contributed by atoms with Crippen molar-refractivity contribution in [3.63, 3.8) is 0 Å². The van der Waals surface area contributed by atoms with Crippen LogP contribution in [0.2, 0.25) is 0 Å². The van der Waals surface area contributed by atoms with Gasteiger partial charge in [-0.3, -0.25) is 0 Å². The van der Waals surface area contributed by atoms with Crippen LogP contribution in [-0.4, -0.2) is 0 Å². The zero-order chi connectivity index (χ0) is 15.1. The number of nitrogens with two attached hydrogens (primary N) is 1. The number of halogens is 1. The first kappa shape index (κ1) is 15.3. The molecule has 0 aromatic heterocycles. The van der Waals surface area contributed by atoms with Crippen LogP contribution in [0.15, 0.2) is 42.5 Å². The molecule has 0 atom stereocenters. The van der Waals surface area contributed by atoms with Crippen molar-refractivity contribution in [2.24, 2.45) is 0 Å². The summed E-state index contributed by atoms with van der Waals surface area (Å²) < 4.78 is 13.3. The number of hydrogen-bond acceptors (Lipinski definition) is 1. The average molecular weight is 283 g/mol. The largest absolute Gasteiger partial charge is 0.396 e. The van der Waals surface area contributed by atoms with Gasteiger partial charge in [0, 0.05) is 0 Å². The van der Waals surface area contributed by atoms with Gasteiger partial charge >= 0.3 is 0 Å². The van der Waals surface area contributed by atoms with Crippen molar-refractivity contribution in [1.29, 1.82) is 0 Å². The molecule has 0 aliphatic carbocycles. The number of anilines is 1. The lowest BCUT2D eigenvalue weighted by Crippen LogP contribution is -1.89. The third-order valence-electron chi connectivity index (χ3n) is 3.54. The molecule has 0 saturated carbocycles. The van der Waals surface area contributed by atoms with Gasteiger partial charge < -0.3 is 5.73 Å². The normalized spacial score (nSPS) is 11.1. The Morgan fingerprint density at radius 1 is 0.952 bits per heavy atom. The van der Waals surface area contributed by atoms with Crippen LogP contribution in [0.3, 0.4) is 0 Å². The van der Waals surface area contributed by atoms with Crippen molar-refractivity contribution >= 4 is 17.8 Å². The second-order valence-corrected chi connectivity index (χ2v) is 5.31. The molecule has 1 nitrogen and oxygen atoms in total. The third kappa shape index (κ3) is 4.75. The molecule has 0 unspecified atom stereocenters. The van der Waals surface area contributed by atoms with Crippen LogP contribution in [0.4, 0.5) is 10.1 Å². The first-order valence-electron chi connectivity index (χ1n) is 7.51. The van der Waals surface area contributed by atoms with E-state index in [9.17, 15) is 4.39 Å². The lowest BCUT2D eigenvalue weighted by molar-refractivity contribution is 0.632. The number of rotatable bonds is 6. The summed E-state index contributed by atoms with van der Waals surface area (Å²) in [6, 6.07) is 13.4. The average Bonchev–Trinajstić information content (AvgIpc) is 2.50. The van der Waals surface area contributed by atoms with Gasteiger partial charge in [0.25, 0.3) is 0 Å². The van der Waals surface area contributed by atoms with E-state index in [0.717, 1.165) is 17.5 Å². The smallest absolute Gasteiger partial charge is 0.146 e. The van der Waals surface area contributed by atoms with Gasteiger partial charge in [0.1, 0.15) is 5.82 Å². The van der Waals surface area contributed by atoms with E-state index in [1.54, 1.807) is 6.07 Å². The van der Waals surface area contributed by atoms with Crippen molar-refractivity contribution in [2.45, 2.75) is 32.6 Å². The van der Waals surface area contributed by atoms with E-state index in [-0.39, 0.29) is 11.5 Å². The topological polar surface area (TPSA) is 26.0 Å². The molecule has 0 fully saturated rings. The monoisotopic (exact) mass is 283 g/mol. The number of aryl methyl sites for hydroxylation is 1. The predicted octanol–water partition coefficient (Wildman–Crippen LogP) is 5.31. The van der Waals surface area contributed by atoms with E-state index < -0.39 is 0 Å². The van der Waals surface area contributed by atoms with Gasteiger partial charge in [-0.15, -0.1) is 0 Å². The molecule has 2 aromatic carbocycles. The number of hydrogen-bond donors (Lipinski definition) is 1. The van der Waals surface area contributed by atoms with Crippen LogP contribution < -0.4 is 5.73 Å². The van der Waals surface area contributed by atoms with E-state index >= 15 is 0 Å². The van der Waals surface area contributed by atoms with Gasteiger partial charge in [-0.1, -0.05) is 62.2 Å². The molecule has 0 aliphatic heterocycles. The van der Waals surface area contributed by atoms with Gasteiger partial charge in [-0.25, -0.2) is 4.39 Å². The Balaban J connectivity index is 1.99. The molecule has 2 rings (SSSR count). The van der Waals surface area contributed by atoms with Gasteiger partial charge in [-0.2, -0.15) is 0 Å². The highest BCUT2D eigenvalue weighted by Gasteiger charge is 1.97. The van der Waals surface area contributed by atoms with E-state index in [2.05, 4.69) is 31.2 Å². The fourth-order valence-electron chi connectivity index (χ4n) is 2.21. The highest BCUT2D eigenvalue weighted by atomic mass is 19.1. The zero-order valence-electron chi connectivity index (χ0n) is 12.5. The molecule has 0 saturated heterocycles. The summed E-state index contributed by atoms with van der Waals surface area (Å²) in [6.07, 6.45) is 8.80. The minimum atomic E-state index is -0.372. The number of nitrogen functional groups attached to an aromatic ring is 1. The summed E-state index contributed by atoms with van der Waals surface area (Å²) in [5.74, 6) is -0.372. The van der Waals surface area contributed by atoms with Crippen LogP contribution in [0.5, 0.6) is 0 Å². The maximum Gasteiger partial charge on any atom is 0.146 e. The third-order valence-corrected chi connectivity index (χ3v) is 3.54. The summed E-state index contributed by atoms with van der Waals surface area (Å²) in [4.78, 5) is 0. The molecule has 2 aromatic rings. The summed E-state index contributed by atoms with van der Waals surface area (Å²) in [6.45, 7) is 2.22. The van der Waals surface area contributed by atoms with E-state index in [1.807, 2.05) is 18.2 Å². The summed E-state index contributed by atoms with van der Waals surface area (Å²) >= 11 is 0. The highest BCUT2D eigenvalue weighted by Crippen LogP contribution is 2.15. The SMILES string of the molecule is CCCCCc1ccc(C=Cc2ccc(N)c(F)c2)cc1. The molecule has 0 amide bonds. The molecule has 0 heterocycles. The maximum atomic E-state index is 13.3. The molecule has 0 radical (unpaired) electrons. The summed E-state index contributed by atoms with van der Waals surface area (Å²) in [7, 11) is 0. The summed E-state index contributed by atoms with van der Waals surface area (Å²) in [5.41, 5.74) is 8.95. The second kappa shape index (κ2) is 7.63. The molecule has 0 bridgehead atoms. The Kier molecular flexibility index (Phi) is 5.56. The second-order valence-electron chi connectivity index (χ2n) is 5.31. The minimum absolute atomic E-state index is 0.184. The Labute approximate surface area is 126 Å². The molecule has 21 heavy (non-hydrogen) atoms. The van der Waals surface area contributed by atoms with Crippen molar-refractivity contribution in [2.75, 3.05) is 5.73 Å². The fraction of sp³-hybridized carbons (Fsp3) is 0.263. The van der Waals surface area contributed by atoms with Gasteiger partial charge in [0.05, 0.1) is 5.69 Å². The highest BCUT2D eigenvalue weighted by molar-refractivity contribution is 5.70. The lowest BCUT2D eigenvalue weighted by atomic mass is 10.0. The Bertz CT molecular complexity index is 599. The number of unbranched alkanes of at least 4 members (excludes halogenated alkanes) is 2. The van der Waals surface area contributed by atoms with E-state index in [4.69, 9.17) is 5.73 Å². The van der Waals surface area contributed by atoms with Crippen LogP contribution in [-0.2, 0) is 6.42 Å². The Morgan fingerprint density at radius 3 is 2.29 bits per heavy atom. The van der Waals surface area contributed by atoms with Gasteiger partial charge in [-0.05, 0) is 41.7 Å². The molecular formula is C19H22FN. The maximum absolute atomic E-state index is 13.3. The molecule has 0 aliphatic rings. The first-order valence-corrected chi connectivity index (χ1v) is 7.51. The minimum Gasteiger partial charge on any atom is -0.396 e. The summed E-state index contributed by atoms with van der Waals surface area (Å²) in [5, 5.41) is 0. The van der Waals surface area contributed by atoms with Crippen molar-refractivity contribution in [1.82, 2.24) is 0 Å². The van der Waals surface area contributed by atoms with Crippen LogP contribution in [0, 0.1) is 5.82 Å².